The van der Waals surface area contributed by atoms with Crippen LogP contribution >= 0.6 is 0 Å². The van der Waals surface area contributed by atoms with E-state index in [0.717, 1.165) is 9.87 Å². The molecule has 1 aliphatic heterocycles. The van der Waals surface area contributed by atoms with Crippen molar-refractivity contribution in [3.63, 3.8) is 0 Å². The number of ether oxygens (including phenoxy) is 1. The summed E-state index contributed by atoms with van der Waals surface area (Å²) in [6.07, 6.45) is 0. The van der Waals surface area contributed by atoms with E-state index in [9.17, 15) is 21.6 Å². The van der Waals surface area contributed by atoms with E-state index in [1.807, 2.05) is 0 Å². The summed E-state index contributed by atoms with van der Waals surface area (Å²) in [6, 6.07) is 12.1. The first-order chi connectivity index (χ1) is 13.1. The minimum atomic E-state index is -3.80. The van der Waals surface area contributed by atoms with Gasteiger partial charge in [-0.15, -0.1) is 0 Å². The first-order valence-corrected chi connectivity index (χ1v) is 11.5. The Bertz CT molecular complexity index is 1080. The molecule has 0 aliphatic carbocycles. The third-order valence-electron chi connectivity index (χ3n) is 4.37. The highest BCUT2D eigenvalue weighted by atomic mass is 32.2. The molecule has 1 amide bonds. The first-order valence-electron chi connectivity index (χ1n) is 8.43. The van der Waals surface area contributed by atoms with Crippen LogP contribution in [0.1, 0.15) is 12.5 Å². The average Bonchev–Trinajstić information content (AvgIpc) is 2.87. The lowest BCUT2D eigenvalue weighted by atomic mass is 10.2. The zero-order chi connectivity index (χ0) is 20.5. The van der Waals surface area contributed by atoms with Gasteiger partial charge in [-0.2, -0.15) is 0 Å². The zero-order valence-corrected chi connectivity index (χ0v) is 17.0. The Kier molecular flexibility index (Phi) is 5.46. The molecule has 2 aromatic carbocycles. The molecule has 3 rings (SSSR count). The second kappa shape index (κ2) is 7.53. The number of nitrogens with zero attached hydrogens (tertiary/aromatic N) is 1. The number of benzene rings is 2. The van der Waals surface area contributed by atoms with Crippen LogP contribution in [0.5, 0.6) is 5.75 Å². The molecule has 10 heteroatoms. The van der Waals surface area contributed by atoms with E-state index in [2.05, 4.69) is 4.72 Å². The molecule has 0 radical (unpaired) electrons. The van der Waals surface area contributed by atoms with Crippen LogP contribution < -0.4 is 13.8 Å². The maximum absolute atomic E-state index is 12.5. The number of rotatable bonds is 6. The summed E-state index contributed by atoms with van der Waals surface area (Å²) < 4.78 is 57.5. The fourth-order valence-electron chi connectivity index (χ4n) is 2.85. The Morgan fingerprint density at radius 2 is 1.71 bits per heavy atom. The minimum Gasteiger partial charge on any atom is -0.497 e. The molecule has 0 saturated carbocycles. The van der Waals surface area contributed by atoms with E-state index in [1.54, 1.807) is 38.3 Å². The summed E-state index contributed by atoms with van der Waals surface area (Å²) in [5.41, 5.74) is 0.882. The number of sulfonamides is 2. The van der Waals surface area contributed by atoms with Crippen molar-refractivity contribution in [2.75, 3.05) is 17.2 Å². The number of amides is 1. The number of nitrogens with one attached hydrogen (secondary N) is 1. The van der Waals surface area contributed by atoms with E-state index >= 15 is 0 Å². The standard InChI is InChI=1S/C18H20N2O6S2/c1-13-12-27(22,23)20(18(13)21)15-5-9-17(10-6-15)28(24,25)19-11-14-3-7-16(26-2)8-4-14/h3-10,13,19H,11-12H2,1-2H3/t13-/m0/s1. The summed E-state index contributed by atoms with van der Waals surface area (Å²) >= 11 is 0. The van der Waals surface area contributed by atoms with Gasteiger partial charge < -0.3 is 4.74 Å². The van der Waals surface area contributed by atoms with Crippen molar-refractivity contribution >= 4 is 31.6 Å². The Labute approximate surface area is 164 Å². The van der Waals surface area contributed by atoms with Gasteiger partial charge in [-0.1, -0.05) is 19.1 Å². The highest BCUT2D eigenvalue weighted by Gasteiger charge is 2.41. The summed E-state index contributed by atoms with van der Waals surface area (Å²) in [7, 11) is -5.99. The molecule has 28 heavy (non-hydrogen) atoms. The Balaban J connectivity index is 1.75. The monoisotopic (exact) mass is 424 g/mol. The molecule has 150 valence electrons. The molecule has 0 unspecified atom stereocenters. The van der Waals surface area contributed by atoms with Crippen LogP contribution in [0.3, 0.4) is 0 Å². The van der Waals surface area contributed by atoms with Gasteiger partial charge in [0.15, 0.2) is 0 Å². The molecule has 0 spiro atoms. The number of hydrogen-bond donors (Lipinski definition) is 1. The SMILES string of the molecule is COc1ccc(CNS(=O)(=O)c2ccc(N3C(=O)[C@@H](C)CS3(=O)=O)cc2)cc1. The lowest BCUT2D eigenvalue weighted by molar-refractivity contribution is -0.119. The number of carbonyl (C=O) groups excluding carboxylic acids is 1. The predicted octanol–water partition coefficient (Wildman–Crippen LogP) is 1.49. The van der Waals surface area contributed by atoms with Crippen LogP contribution in [0, 0.1) is 5.92 Å². The number of methoxy groups -OCH3 is 1. The lowest BCUT2D eigenvalue weighted by Crippen LogP contribution is -2.30. The van der Waals surface area contributed by atoms with Crippen molar-refractivity contribution in [3.8, 4) is 5.75 Å². The van der Waals surface area contributed by atoms with Crippen molar-refractivity contribution in [2.24, 2.45) is 5.92 Å². The molecule has 1 aliphatic rings. The van der Waals surface area contributed by atoms with Crippen molar-refractivity contribution in [2.45, 2.75) is 18.4 Å². The van der Waals surface area contributed by atoms with E-state index in [1.165, 1.54) is 24.3 Å². The molecule has 1 fully saturated rings. The van der Waals surface area contributed by atoms with E-state index in [0.29, 0.717) is 5.75 Å². The molecule has 1 saturated heterocycles. The van der Waals surface area contributed by atoms with E-state index in [-0.39, 0.29) is 22.9 Å². The quantitative estimate of drug-likeness (QED) is 0.752. The van der Waals surface area contributed by atoms with Crippen molar-refractivity contribution < 1.29 is 26.4 Å². The topological polar surface area (TPSA) is 110 Å². The third kappa shape index (κ3) is 4.03. The van der Waals surface area contributed by atoms with Gasteiger partial charge in [0.1, 0.15) is 5.75 Å². The Morgan fingerprint density at radius 3 is 2.21 bits per heavy atom. The molecular formula is C18H20N2O6S2. The van der Waals surface area contributed by atoms with Crippen LogP contribution in [0.2, 0.25) is 0 Å². The number of anilines is 1. The maximum atomic E-state index is 12.5. The van der Waals surface area contributed by atoms with Crippen LogP contribution in [-0.2, 0) is 31.4 Å². The molecule has 2 aromatic rings. The first kappa shape index (κ1) is 20.3. The minimum absolute atomic E-state index is 0.0261. The maximum Gasteiger partial charge on any atom is 0.244 e. The fourth-order valence-corrected chi connectivity index (χ4v) is 5.69. The van der Waals surface area contributed by atoms with Crippen LogP contribution in [0.15, 0.2) is 53.4 Å². The van der Waals surface area contributed by atoms with E-state index < -0.39 is 31.9 Å². The summed E-state index contributed by atoms with van der Waals surface area (Å²) in [5, 5.41) is 0. The van der Waals surface area contributed by atoms with Crippen molar-refractivity contribution in [1.29, 1.82) is 0 Å². The molecule has 1 heterocycles. The van der Waals surface area contributed by atoms with Gasteiger partial charge >= 0.3 is 0 Å². The van der Waals surface area contributed by atoms with Gasteiger partial charge in [0.2, 0.25) is 26.0 Å². The predicted molar refractivity (Wildman–Crippen MR) is 104 cm³/mol. The third-order valence-corrected chi connectivity index (χ3v) is 7.65. The largest absolute Gasteiger partial charge is 0.497 e. The van der Waals surface area contributed by atoms with E-state index in [4.69, 9.17) is 4.74 Å². The highest BCUT2D eigenvalue weighted by Crippen LogP contribution is 2.29. The van der Waals surface area contributed by atoms with Gasteiger partial charge in [0.25, 0.3) is 0 Å². The van der Waals surface area contributed by atoms with Crippen molar-refractivity contribution in [1.82, 2.24) is 4.72 Å². The van der Waals surface area contributed by atoms with Gasteiger partial charge in [0, 0.05) is 6.54 Å². The smallest absolute Gasteiger partial charge is 0.244 e. The van der Waals surface area contributed by atoms with Gasteiger partial charge in [-0.05, 0) is 42.0 Å². The van der Waals surface area contributed by atoms with Gasteiger partial charge in [-0.3, -0.25) is 4.79 Å². The normalized spacial score (nSPS) is 19.0. The molecule has 0 bridgehead atoms. The molecule has 8 nitrogen and oxygen atoms in total. The second-order valence-electron chi connectivity index (χ2n) is 6.45. The molecular weight excluding hydrogens is 404 g/mol. The lowest BCUT2D eigenvalue weighted by Gasteiger charge is -2.15. The highest BCUT2D eigenvalue weighted by molar-refractivity contribution is 7.94. The summed E-state index contributed by atoms with van der Waals surface area (Å²) in [4.78, 5) is 12.1. The second-order valence-corrected chi connectivity index (χ2v) is 10.1. The molecule has 0 aromatic heterocycles. The Morgan fingerprint density at radius 1 is 1.11 bits per heavy atom. The van der Waals surface area contributed by atoms with Crippen molar-refractivity contribution in [3.05, 3.63) is 54.1 Å². The Hall–Kier alpha value is -2.43. The van der Waals surface area contributed by atoms with Crippen LogP contribution in [-0.4, -0.2) is 35.6 Å². The summed E-state index contributed by atoms with van der Waals surface area (Å²) in [6.45, 7) is 1.63. The van der Waals surface area contributed by atoms with Gasteiger partial charge in [-0.25, -0.2) is 25.9 Å². The number of carbonyl (C=O) groups is 1. The molecule has 1 atom stereocenters. The number of hydrogen-bond acceptors (Lipinski definition) is 6. The average molecular weight is 425 g/mol. The molecule has 1 N–H and O–H groups in total. The zero-order valence-electron chi connectivity index (χ0n) is 15.3. The van der Waals surface area contributed by atoms with Crippen LogP contribution in [0.4, 0.5) is 5.69 Å². The van der Waals surface area contributed by atoms with Crippen LogP contribution in [0.25, 0.3) is 0 Å². The van der Waals surface area contributed by atoms with Gasteiger partial charge in [0.05, 0.1) is 29.4 Å². The fraction of sp³-hybridized carbons (Fsp3) is 0.278. The summed E-state index contributed by atoms with van der Waals surface area (Å²) in [5.74, 6) is -0.731.